The molecule has 0 aliphatic rings. The van der Waals surface area contributed by atoms with Gasteiger partial charge in [0, 0.05) is 6.54 Å². The molecule has 0 unspecified atom stereocenters. The Morgan fingerprint density at radius 1 is 1.24 bits per heavy atom. The number of allylic oxidation sites excluding steroid dienone is 1. The largest absolute Gasteiger partial charge is 0.490 e. The van der Waals surface area contributed by atoms with Crippen LogP contribution in [-0.2, 0) is 6.54 Å². The predicted octanol–water partition coefficient (Wildman–Crippen LogP) is 2.89. The van der Waals surface area contributed by atoms with E-state index < -0.39 is 0 Å². The SMILES string of the molecule is CCOc1cc(CN)ccc1OCC=C(C)C. The number of nitrogens with two attached hydrogens (primary N) is 1. The van der Waals surface area contributed by atoms with Crippen LogP contribution in [0.5, 0.6) is 11.5 Å². The Morgan fingerprint density at radius 3 is 2.59 bits per heavy atom. The molecule has 1 aromatic carbocycles. The summed E-state index contributed by atoms with van der Waals surface area (Å²) in [6, 6.07) is 5.80. The van der Waals surface area contributed by atoms with E-state index in [1.807, 2.05) is 45.0 Å². The molecule has 3 nitrogen and oxygen atoms in total. The van der Waals surface area contributed by atoms with Gasteiger partial charge in [-0.15, -0.1) is 0 Å². The molecule has 1 rings (SSSR count). The molecule has 0 aromatic heterocycles. The van der Waals surface area contributed by atoms with E-state index in [1.54, 1.807) is 0 Å². The molecule has 0 fully saturated rings. The summed E-state index contributed by atoms with van der Waals surface area (Å²) in [4.78, 5) is 0. The van der Waals surface area contributed by atoms with Crippen molar-refractivity contribution in [2.45, 2.75) is 27.3 Å². The first-order valence-electron chi connectivity index (χ1n) is 5.89. The summed E-state index contributed by atoms with van der Waals surface area (Å²) in [7, 11) is 0. The molecule has 17 heavy (non-hydrogen) atoms. The van der Waals surface area contributed by atoms with E-state index in [2.05, 4.69) is 0 Å². The van der Waals surface area contributed by atoms with Gasteiger partial charge in [-0.25, -0.2) is 0 Å². The average Bonchev–Trinajstić information content (AvgIpc) is 2.31. The lowest BCUT2D eigenvalue weighted by molar-refractivity contribution is 0.296. The van der Waals surface area contributed by atoms with Crippen molar-refractivity contribution < 1.29 is 9.47 Å². The van der Waals surface area contributed by atoms with Gasteiger partial charge < -0.3 is 15.2 Å². The minimum Gasteiger partial charge on any atom is -0.490 e. The molecule has 94 valence electrons. The second kappa shape index (κ2) is 6.97. The topological polar surface area (TPSA) is 44.5 Å². The average molecular weight is 235 g/mol. The van der Waals surface area contributed by atoms with Crippen molar-refractivity contribution in [3.63, 3.8) is 0 Å². The standard InChI is InChI=1S/C14H21NO2/c1-4-16-14-9-12(10-15)5-6-13(14)17-8-7-11(2)3/h5-7,9H,4,8,10,15H2,1-3H3. The van der Waals surface area contributed by atoms with Crippen LogP contribution in [0.2, 0.25) is 0 Å². The first kappa shape index (κ1) is 13.6. The summed E-state index contributed by atoms with van der Waals surface area (Å²) in [6.07, 6.45) is 2.03. The Labute approximate surface area is 103 Å². The predicted molar refractivity (Wildman–Crippen MR) is 70.4 cm³/mol. The number of ether oxygens (including phenoxy) is 2. The second-order valence-corrected chi connectivity index (χ2v) is 4.01. The molecule has 0 bridgehead atoms. The van der Waals surface area contributed by atoms with E-state index in [-0.39, 0.29) is 0 Å². The van der Waals surface area contributed by atoms with Gasteiger partial charge in [0.15, 0.2) is 11.5 Å². The Hall–Kier alpha value is -1.48. The van der Waals surface area contributed by atoms with Crippen LogP contribution < -0.4 is 15.2 Å². The normalized spacial score (nSPS) is 9.88. The maximum absolute atomic E-state index is 5.66. The van der Waals surface area contributed by atoms with Crippen LogP contribution in [0, 0.1) is 0 Å². The maximum Gasteiger partial charge on any atom is 0.161 e. The third kappa shape index (κ3) is 4.49. The molecule has 0 saturated heterocycles. The van der Waals surface area contributed by atoms with Gasteiger partial charge in [0.2, 0.25) is 0 Å². The summed E-state index contributed by atoms with van der Waals surface area (Å²) in [5, 5.41) is 0. The van der Waals surface area contributed by atoms with Gasteiger partial charge in [0.05, 0.1) is 6.61 Å². The first-order chi connectivity index (χ1) is 8.17. The molecule has 0 aliphatic carbocycles. The smallest absolute Gasteiger partial charge is 0.161 e. The zero-order valence-electron chi connectivity index (χ0n) is 10.8. The van der Waals surface area contributed by atoms with Crippen molar-refractivity contribution >= 4 is 0 Å². The first-order valence-corrected chi connectivity index (χ1v) is 5.89. The van der Waals surface area contributed by atoms with E-state index in [1.165, 1.54) is 5.57 Å². The fraction of sp³-hybridized carbons (Fsp3) is 0.429. The van der Waals surface area contributed by atoms with Gasteiger partial charge >= 0.3 is 0 Å². The Bertz CT molecular complexity index is 382. The molecule has 3 heteroatoms. The lowest BCUT2D eigenvalue weighted by Crippen LogP contribution is -2.02. The maximum atomic E-state index is 5.66. The van der Waals surface area contributed by atoms with Crippen molar-refractivity contribution in [3.8, 4) is 11.5 Å². The highest BCUT2D eigenvalue weighted by Crippen LogP contribution is 2.28. The Balaban J connectivity index is 2.78. The minimum atomic E-state index is 0.508. The highest BCUT2D eigenvalue weighted by Gasteiger charge is 2.05. The molecule has 0 spiro atoms. The molecular weight excluding hydrogens is 214 g/mol. The van der Waals surface area contributed by atoms with Crippen LogP contribution >= 0.6 is 0 Å². The van der Waals surface area contributed by atoms with Crippen molar-refractivity contribution in [2.75, 3.05) is 13.2 Å². The monoisotopic (exact) mass is 235 g/mol. The van der Waals surface area contributed by atoms with E-state index in [0.717, 1.165) is 17.1 Å². The van der Waals surface area contributed by atoms with Crippen molar-refractivity contribution in [1.29, 1.82) is 0 Å². The molecule has 2 N–H and O–H groups in total. The summed E-state index contributed by atoms with van der Waals surface area (Å²) >= 11 is 0. The van der Waals surface area contributed by atoms with Crippen LogP contribution in [0.4, 0.5) is 0 Å². The summed E-state index contributed by atoms with van der Waals surface area (Å²) in [5.41, 5.74) is 7.88. The fourth-order valence-corrected chi connectivity index (χ4v) is 1.37. The van der Waals surface area contributed by atoms with Crippen molar-refractivity contribution in [3.05, 3.63) is 35.4 Å². The van der Waals surface area contributed by atoms with Crippen LogP contribution in [0.25, 0.3) is 0 Å². The summed E-state index contributed by atoms with van der Waals surface area (Å²) in [6.45, 7) is 7.73. The molecule has 0 atom stereocenters. The van der Waals surface area contributed by atoms with Gasteiger partial charge in [-0.3, -0.25) is 0 Å². The van der Waals surface area contributed by atoms with Gasteiger partial charge in [0.1, 0.15) is 6.61 Å². The van der Waals surface area contributed by atoms with Crippen LogP contribution in [0.15, 0.2) is 29.8 Å². The van der Waals surface area contributed by atoms with Gasteiger partial charge in [-0.1, -0.05) is 11.6 Å². The van der Waals surface area contributed by atoms with Crippen molar-refractivity contribution in [2.24, 2.45) is 5.73 Å². The minimum absolute atomic E-state index is 0.508. The number of benzene rings is 1. The number of hydrogen-bond acceptors (Lipinski definition) is 3. The summed E-state index contributed by atoms with van der Waals surface area (Å²) < 4.78 is 11.2. The molecule has 0 aliphatic heterocycles. The van der Waals surface area contributed by atoms with E-state index in [0.29, 0.717) is 19.8 Å². The Kier molecular flexibility index (Phi) is 5.57. The zero-order valence-corrected chi connectivity index (χ0v) is 10.8. The van der Waals surface area contributed by atoms with Gasteiger partial charge in [-0.05, 0) is 44.5 Å². The van der Waals surface area contributed by atoms with Crippen LogP contribution in [-0.4, -0.2) is 13.2 Å². The molecule has 0 saturated carbocycles. The van der Waals surface area contributed by atoms with E-state index in [9.17, 15) is 0 Å². The molecule has 1 aromatic rings. The van der Waals surface area contributed by atoms with E-state index >= 15 is 0 Å². The summed E-state index contributed by atoms with van der Waals surface area (Å²) in [5.74, 6) is 1.53. The lowest BCUT2D eigenvalue weighted by atomic mass is 10.2. The highest BCUT2D eigenvalue weighted by molar-refractivity contribution is 5.43. The van der Waals surface area contributed by atoms with Gasteiger partial charge in [-0.2, -0.15) is 0 Å². The van der Waals surface area contributed by atoms with Crippen molar-refractivity contribution in [1.82, 2.24) is 0 Å². The third-order valence-electron chi connectivity index (χ3n) is 2.27. The molecular formula is C14H21NO2. The lowest BCUT2D eigenvalue weighted by Gasteiger charge is -2.12. The van der Waals surface area contributed by atoms with Gasteiger partial charge in [0.25, 0.3) is 0 Å². The Morgan fingerprint density at radius 2 is 2.00 bits per heavy atom. The third-order valence-corrected chi connectivity index (χ3v) is 2.27. The molecule has 0 radical (unpaired) electrons. The van der Waals surface area contributed by atoms with Crippen LogP contribution in [0.1, 0.15) is 26.3 Å². The number of rotatable bonds is 6. The van der Waals surface area contributed by atoms with E-state index in [4.69, 9.17) is 15.2 Å². The zero-order chi connectivity index (χ0) is 12.7. The quantitative estimate of drug-likeness (QED) is 0.771. The second-order valence-electron chi connectivity index (χ2n) is 4.01. The molecule has 0 heterocycles. The number of hydrogen-bond donors (Lipinski definition) is 1. The van der Waals surface area contributed by atoms with Crippen LogP contribution in [0.3, 0.4) is 0 Å². The highest BCUT2D eigenvalue weighted by atomic mass is 16.5. The molecule has 0 amide bonds. The fourth-order valence-electron chi connectivity index (χ4n) is 1.37.